The maximum atomic E-state index is 5.76. The molecule has 0 bridgehead atoms. The fourth-order valence-corrected chi connectivity index (χ4v) is 2.18. The van der Waals surface area contributed by atoms with E-state index < -0.39 is 0 Å². The van der Waals surface area contributed by atoms with Gasteiger partial charge in [-0.05, 0) is 17.9 Å². The van der Waals surface area contributed by atoms with E-state index in [-0.39, 0.29) is 0 Å². The second kappa shape index (κ2) is 4.09. The molecule has 3 nitrogen and oxygen atoms in total. The van der Waals surface area contributed by atoms with E-state index in [2.05, 4.69) is 5.32 Å². The summed E-state index contributed by atoms with van der Waals surface area (Å²) in [6.07, 6.45) is 1.12. The van der Waals surface area contributed by atoms with Gasteiger partial charge in [-0.25, -0.2) is 0 Å². The van der Waals surface area contributed by atoms with Gasteiger partial charge in [0.05, 0.1) is 6.61 Å². The first-order chi connectivity index (χ1) is 6.36. The van der Waals surface area contributed by atoms with Crippen molar-refractivity contribution in [3.05, 3.63) is 16.3 Å². The van der Waals surface area contributed by atoms with Crippen molar-refractivity contribution in [2.45, 2.75) is 19.0 Å². The molecule has 0 aromatic carbocycles. The Morgan fingerprint density at radius 2 is 2.62 bits per heavy atom. The van der Waals surface area contributed by atoms with E-state index in [4.69, 9.17) is 10.5 Å². The van der Waals surface area contributed by atoms with E-state index in [1.54, 1.807) is 11.3 Å². The number of nitrogens with one attached hydrogen (secondary N) is 1. The van der Waals surface area contributed by atoms with Gasteiger partial charge in [0.15, 0.2) is 0 Å². The number of hydrogen-bond acceptors (Lipinski definition) is 4. The predicted octanol–water partition coefficient (Wildman–Crippen LogP) is 1.21. The Morgan fingerprint density at radius 1 is 1.69 bits per heavy atom. The lowest BCUT2D eigenvalue weighted by Gasteiger charge is -2.09. The monoisotopic (exact) mass is 198 g/mol. The Bertz CT molecular complexity index is 268. The fraction of sp³-hybridized carbons (Fsp3) is 0.556. The maximum absolute atomic E-state index is 5.76. The zero-order valence-electron chi connectivity index (χ0n) is 7.45. The first-order valence-electron chi connectivity index (χ1n) is 4.49. The van der Waals surface area contributed by atoms with E-state index >= 15 is 0 Å². The first-order valence-corrected chi connectivity index (χ1v) is 5.37. The minimum atomic E-state index is 0.515. The summed E-state index contributed by atoms with van der Waals surface area (Å²) in [5.41, 5.74) is 6.66. The van der Waals surface area contributed by atoms with Gasteiger partial charge in [-0.1, -0.05) is 0 Å². The van der Waals surface area contributed by atoms with Crippen LogP contribution in [0, 0.1) is 0 Å². The quantitative estimate of drug-likeness (QED) is 0.767. The Morgan fingerprint density at radius 3 is 3.23 bits per heavy atom. The number of ether oxygens (including phenoxy) is 1. The van der Waals surface area contributed by atoms with E-state index in [0.717, 1.165) is 31.9 Å². The summed E-state index contributed by atoms with van der Waals surface area (Å²) in [6, 6.07) is 2.47. The number of anilines is 1. The van der Waals surface area contributed by atoms with Crippen molar-refractivity contribution in [1.82, 2.24) is 5.32 Å². The van der Waals surface area contributed by atoms with Crippen LogP contribution in [0.4, 0.5) is 5.69 Å². The molecule has 2 rings (SSSR count). The van der Waals surface area contributed by atoms with E-state index in [9.17, 15) is 0 Å². The number of nitrogens with two attached hydrogens (primary N) is 1. The molecule has 1 aromatic heterocycles. The molecule has 1 aliphatic rings. The molecule has 2 heterocycles. The van der Waals surface area contributed by atoms with Crippen LogP contribution in [0.25, 0.3) is 0 Å². The van der Waals surface area contributed by atoms with Crippen LogP contribution >= 0.6 is 11.3 Å². The third kappa shape index (κ3) is 2.21. The molecule has 1 atom stereocenters. The van der Waals surface area contributed by atoms with E-state index in [1.165, 1.54) is 4.88 Å². The van der Waals surface area contributed by atoms with Crippen LogP contribution in [0.1, 0.15) is 11.3 Å². The second-order valence-corrected chi connectivity index (χ2v) is 4.24. The molecule has 0 aliphatic carbocycles. The van der Waals surface area contributed by atoms with Crippen molar-refractivity contribution in [2.24, 2.45) is 0 Å². The lowest BCUT2D eigenvalue weighted by atomic mass is 10.2. The molecule has 1 saturated heterocycles. The minimum Gasteiger partial charge on any atom is -0.398 e. The SMILES string of the molecule is Nc1ccsc1CNC1CCOC1. The van der Waals surface area contributed by atoms with Gasteiger partial charge >= 0.3 is 0 Å². The molecule has 1 fully saturated rings. The van der Waals surface area contributed by atoms with Crippen LogP contribution in [0.5, 0.6) is 0 Å². The zero-order valence-corrected chi connectivity index (χ0v) is 8.27. The van der Waals surface area contributed by atoms with E-state index in [0.29, 0.717) is 6.04 Å². The van der Waals surface area contributed by atoms with Crippen molar-refractivity contribution >= 4 is 17.0 Å². The molecule has 4 heteroatoms. The molecule has 0 radical (unpaired) electrons. The van der Waals surface area contributed by atoms with Crippen molar-refractivity contribution < 1.29 is 4.74 Å². The molecule has 72 valence electrons. The van der Waals surface area contributed by atoms with Gasteiger partial charge in [-0.15, -0.1) is 11.3 Å². The number of thiophene rings is 1. The highest BCUT2D eigenvalue weighted by molar-refractivity contribution is 7.10. The topological polar surface area (TPSA) is 47.3 Å². The maximum Gasteiger partial charge on any atom is 0.0620 e. The zero-order chi connectivity index (χ0) is 9.10. The molecule has 0 saturated carbocycles. The Balaban J connectivity index is 1.82. The van der Waals surface area contributed by atoms with Crippen molar-refractivity contribution in [3.63, 3.8) is 0 Å². The van der Waals surface area contributed by atoms with Crippen molar-refractivity contribution in [2.75, 3.05) is 18.9 Å². The molecule has 3 N–H and O–H groups in total. The summed E-state index contributed by atoms with van der Waals surface area (Å²) < 4.78 is 5.27. The lowest BCUT2D eigenvalue weighted by Crippen LogP contribution is -2.28. The highest BCUT2D eigenvalue weighted by atomic mass is 32.1. The number of hydrogen-bond donors (Lipinski definition) is 2. The summed E-state index contributed by atoms with van der Waals surface area (Å²) >= 11 is 1.70. The molecule has 1 aromatic rings. The smallest absolute Gasteiger partial charge is 0.0620 e. The normalized spacial score (nSPS) is 22.3. The van der Waals surface area contributed by atoms with E-state index in [1.807, 2.05) is 11.4 Å². The van der Waals surface area contributed by atoms with Crippen molar-refractivity contribution in [3.8, 4) is 0 Å². The van der Waals surface area contributed by atoms with Crippen LogP contribution in [-0.4, -0.2) is 19.3 Å². The largest absolute Gasteiger partial charge is 0.398 e. The third-order valence-electron chi connectivity index (χ3n) is 2.26. The predicted molar refractivity (Wildman–Crippen MR) is 54.8 cm³/mol. The summed E-state index contributed by atoms with van der Waals surface area (Å²) in [6.45, 7) is 2.60. The van der Waals surface area contributed by atoms with Crippen LogP contribution in [-0.2, 0) is 11.3 Å². The highest BCUT2D eigenvalue weighted by Crippen LogP contribution is 2.18. The van der Waals surface area contributed by atoms with Crippen LogP contribution in [0.2, 0.25) is 0 Å². The molecule has 1 aliphatic heterocycles. The van der Waals surface area contributed by atoms with Crippen LogP contribution < -0.4 is 11.1 Å². The summed E-state index contributed by atoms with van der Waals surface area (Å²) in [5.74, 6) is 0. The van der Waals surface area contributed by atoms with Crippen molar-refractivity contribution in [1.29, 1.82) is 0 Å². The van der Waals surface area contributed by atoms with Gasteiger partial charge in [0.1, 0.15) is 0 Å². The second-order valence-electron chi connectivity index (χ2n) is 3.24. The summed E-state index contributed by atoms with van der Waals surface area (Å²) in [7, 11) is 0. The Hall–Kier alpha value is -0.580. The Kier molecular flexibility index (Phi) is 2.83. The van der Waals surface area contributed by atoms with Gasteiger partial charge in [-0.2, -0.15) is 0 Å². The van der Waals surface area contributed by atoms with Gasteiger partial charge in [0, 0.05) is 29.8 Å². The standard InChI is InChI=1S/C9H14N2OS/c10-8-2-4-13-9(8)5-11-7-1-3-12-6-7/h2,4,7,11H,1,3,5-6,10H2. The molecular weight excluding hydrogens is 184 g/mol. The van der Waals surface area contributed by atoms with Gasteiger partial charge in [-0.3, -0.25) is 0 Å². The first kappa shape index (κ1) is 8.99. The van der Waals surface area contributed by atoms with Gasteiger partial charge in [0.2, 0.25) is 0 Å². The highest BCUT2D eigenvalue weighted by Gasteiger charge is 2.14. The fourth-order valence-electron chi connectivity index (χ4n) is 1.43. The third-order valence-corrected chi connectivity index (χ3v) is 3.20. The average molecular weight is 198 g/mol. The van der Waals surface area contributed by atoms with Gasteiger partial charge in [0.25, 0.3) is 0 Å². The minimum absolute atomic E-state index is 0.515. The van der Waals surface area contributed by atoms with Crippen LogP contribution in [0.3, 0.4) is 0 Å². The molecular formula is C9H14N2OS. The van der Waals surface area contributed by atoms with Crippen LogP contribution in [0.15, 0.2) is 11.4 Å². The van der Waals surface area contributed by atoms with Gasteiger partial charge < -0.3 is 15.8 Å². The average Bonchev–Trinajstić information content (AvgIpc) is 2.72. The lowest BCUT2D eigenvalue weighted by molar-refractivity contribution is 0.190. The molecule has 1 unspecified atom stereocenters. The summed E-state index contributed by atoms with van der Waals surface area (Å²) in [4.78, 5) is 1.23. The summed E-state index contributed by atoms with van der Waals surface area (Å²) in [5, 5.41) is 5.46. The number of rotatable bonds is 3. The Labute approximate surface area is 81.9 Å². The molecule has 0 spiro atoms. The molecule has 13 heavy (non-hydrogen) atoms. The number of nitrogen functional groups attached to an aromatic ring is 1. The molecule has 0 amide bonds.